The highest BCUT2D eigenvalue weighted by molar-refractivity contribution is 5.87. The number of hydrogen-bond acceptors (Lipinski definition) is 7. The Hall–Kier alpha value is -3.93. The van der Waals surface area contributed by atoms with Gasteiger partial charge in [0, 0.05) is 37.9 Å². The first kappa shape index (κ1) is 29.1. The van der Waals surface area contributed by atoms with E-state index in [0.29, 0.717) is 36.4 Å². The Bertz CT molecular complexity index is 1350. The van der Waals surface area contributed by atoms with Crippen LogP contribution in [0.5, 0.6) is 0 Å². The molecule has 0 unspecified atom stereocenters. The Morgan fingerprint density at radius 2 is 1.88 bits per heavy atom. The van der Waals surface area contributed by atoms with Crippen LogP contribution in [0.2, 0.25) is 0 Å². The number of benzene rings is 2. The number of aromatic nitrogens is 2. The van der Waals surface area contributed by atoms with E-state index in [1.165, 1.54) is 17.1 Å². The number of nitrogens with zero attached hydrogens (tertiary/aromatic N) is 5. The zero-order valence-electron chi connectivity index (χ0n) is 22.8. The summed E-state index contributed by atoms with van der Waals surface area (Å²) in [5, 5.41) is 9.85. The molecule has 214 valence electrons. The predicted octanol–water partition coefficient (Wildman–Crippen LogP) is 4.62. The second-order valence-electron chi connectivity index (χ2n) is 9.82. The predicted molar refractivity (Wildman–Crippen MR) is 143 cm³/mol. The van der Waals surface area contributed by atoms with Gasteiger partial charge < -0.3 is 14.7 Å². The minimum absolute atomic E-state index is 0.0195. The number of hydrazine groups is 1. The molecule has 1 aliphatic heterocycles. The number of alkyl halides is 2. The quantitative estimate of drug-likeness (QED) is 0.324. The summed E-state index contributed by atoms with van der Waals surface area (Å²) in [6.07, 6.45) is 0.0113. The molecule has 12 heteroatoms. The van der Waals surface area contributed by atoms with Crippen LogP contribution in [-0.2, 0) is 22.7 Å². The van der Waals surface area contributed by atoms with Gasteiger partial charge in [0.1, 0.15) is 5.82 Å². The Morgan fingerprint density at radius 3 is 2.58 bits per heavy atom. The van der Waals surface area contributed by atoms with Crippen LogP contribution in [0.1, 0.15) is 55.2 Å². The number of hydrogen-bond donors (Lipinski definition) is 1. The minimum atomic E-state index is -2.88. The molecule has 0 bridgehead atoms. The minimum Gasteiger partial charge on any atom is -0.355 e. The number of rotatable bonds is 12. The summed E-state index contributed by atoms with van der Waals surface area (Å²) in [6, 6.07) is 9.63. The van der Waals surface area contributed by atoms with Gasteiger partial charge in [-0.1, -0.05) is 31.0 Å². The van der Waals surface area contributed by atoms with Crippen molar-refractivity contribution in [3.05, 3.63) is 64.8 Å². The first-order valence-corrected chi connectivity index (χ1v) is 13.2. The summed E-state index contributed by atoms with van der Waals surface area (Å²) >= 11 is 0. The maximum absolute atomic E-state index is 13.7. The van der Waals surface area contributed by atoms with Gasteiger partial charge in [0.15, 0.2) is 0 Å². The standard InChI is InChI=1S/C28H33F3N6O3/c1-4-5-6-11-32-24(38)16-36(17-25(39)35(3)37-14-20-7-9-22(29)13-21(20)15-37)23-10-8-19(12-18(23)2)27-33-28(26(30)31)40-34-27/h7-10,12-13,26H,4-6,11,14-17H2,1-3H3,(H,32,38). The van der Waals surface area contributed by atoms with Crippen LogP contribution < -0.4 is 10.2 Å². The van der Waals surface area contributed by atoms with E-state index in [2.05, 4.69) is 26.9 Å². The molecular weight excluding hydrogens is 525 g/mol. The molecule has 9 nitrogen and oxygen atoms in total. The maximum atomic E-state index is 13.7. The van der Waals surface area contributed by atoms with Crippen molar-refractivity contribution in [1.82, 2.24) is 25.5 Å². The SMILES string of the molecule is CCCCCNC(=O)CN(CC(=O)N(C)N1Cc2ccc(F)cc2C1)c1ccc(-c2noc(C(F)F)n2)cc1C. The summed E-state index contributed by atoms with van der Waals surface area (Å²) in [6.45, 7) is 5.11. The number of amides is 2. The van der Waals surface area contributed by atoms with Crippen LogP contribution in [-0.4, -0.2) is 58.7 Å². The summed E-state index contributed by atoms with van der Waals surface area (Å²) < 4.78 is 44.1. The zero-order chi connectivity index (χ0) is 28.8. The first-order chi connectivity index (χ1) is 19.2. The van der Waals surface area contributed by atoms with Crippen molar-refractivity contribution < 1.29 is 27.3 Å². The van der Waals surface area contributed by atoms with E-state index in [0.717, 1.165) is 30.4 Å². The molecule has 1 aromatic heterocycles. The highest BCUT2D eigenvalue weighted by Gasteiger charge is 2.27. The zero-order valence-corrected chi connectivity index (χ0v) is 22.8. The molecular formula is C28H33F3N6O3. The molecule has 3 aromatic rings. The molecule has 1 aliphatic rings. The monoisotopic (exact) mass is 558 g/mol. The average molecular weight is 559 g/mol. The van der Waals surface area contributed by atoms with E-state index < -0.39 is 12.3 Å². The summed E-state index contributed by atoms with van der Waals surface area (Å²) in [4.78, 5) is 31.6. The number of anilines is 1. The van der Waals surface area contributed by atoms with Gasteiger partial charge in [-0.05, 0) is 60.4 Å². The van der Waals surface area contributed by atoms with Crippen molar-refractivity contribution in [3.8, 4) is 11.4 Å². The van der Waals surface area contributed by atoms with Gasteiger partial charge in [0.25, 0.3) is 11.8 Å². The summed E-state index contributed by atoms with van der Waals surface area (Å²) in [5.74, 6) is -1.55. The van der Waals surface area contributed by atoms with Gasteiger partial charge in [-0.25, -0.2) is 9.40 Å². The lowest BCUT2D eigenvalue weighted by Gasteiger charge is -2.32. The van der Waals surface area contributed by atoms with Gasteiger partial charge >= 0.3 is 6.43 Å². The third kappa shape index (κ3) is 6.98. The van der Waals surface area contributed by atoms with Crippen LogP contribution in [0.25, 0.3) is 11.4 Å². The van der Waals surface area contributed by atoms with Crippen molar-refractivity contribution in [3.63, 3.8) is 0 Å². The molecule has 0 saturated carbocycles. The van der Waals surface area contributed by atoms with E-state index >= 15 is 0 Å². The van der Waals surface area contributed by atoms with Gasteiger partial charge in [0.2, 0.25) is 11.7 Å². The number of nitrogens with one attached hydrogen (secondary N) is 1. The second-order valence-corrected chi connectivity index (χ2v) is 9.82. The molecule has 4 rings (SSSR count). The van der Waals surface area contributed by atoms with Gasteiger partial charge in [-0.3, -0.25) is 14.6 Å². The lowest BCUT2D eigenvalue weighted by molar-refractivity contribution is -0.145. The first-order valence-electron chi connectivity index (χ1n) is 13.2. The van der Waals surface area contributed by atoms with Gasteiger partial charge in [-0.15, -0.1) is 0 Å². The topological polar surface area (TPSA) is 94.8 Å². The number of unbranched alkanes of at least 4 members (excludes halogenated alkanes) is 2. The molecule has 0 radical (unpaired) electrons. The fourth-order valence-electron chi connectivity index (χ4n) is 4.63. The number of halogens is 3. The second kappa shape index (κ2) is 12.9. The molecule has 1 N–H and O–H groups in total. The van der Waals surface area contributed by atoms with Crippen LogP contribution in [0, 0.1) is 12.7 Å². The fraction of sp³-hybridized carbons (Fsp3) is 0.429. The number of carbonyl (C=O) groups is 2. The molecule has 0 spiro atoms. The van der Waals surface area contributed by atoms with E-state index in [1.54, 1.807) is 43.1 Å². The van der Waals surface area contributed by atoms with Crippen molar-refractivity contribution in [2.45, 2.75) is 52.6 Å². The Labute approximate surface area is 230 Å². The summed E-state index contributed by atoms with van der Waals surface area (Å²) in [5.41, 5.74) is 3.56. The highest BCUT2D eigenvalue weighted by Crippen LogP contribution is 2.28. The Kier molecular flexibility index (Phi) is 9.41. The third-order valence-electron chi connectivity index (χ3n) is 6.85. The van der Waals surface area contributed by atoms with Crippen molar-refractivity contribution in [2.24, 2.45) is 0 Å². The molecule has 0 atom stereocenters. The smallest absolute Gasteiger partial charge is 0.315 e. The van der Waals surface area contributed by atoms with Crippen LogP contribution in [0.3, 0.4) is 0 Å². The maximum Gasteiger partial charge on any atom is 0.315 e. The largest absolute Gasteiger partial charge is 0.355 e. The van der Waals surface area contributed by atoms with E-state index in [1.807, 2.05) is 5.01 Å². The van der Waals surface area contributed by atoms with E-state index in [4.69, 9.17) is 0 Å². The molecule has 2 aromatic carbocycles. The van der Waals surface area contributed by atoms with Gasteiger partial charge in [0.05, 0.1) is 13.1 Å². The van der Waals surface area contributed by atoms with Gasteiger partial charge in [-0.2, -0.15) is 13.8 Å². The van der Waals surface area contributed by atoms with Crippen molar-refractivity contribution >= 4 is 17.5 Å². The van der Waals surface area contributed by atoms with Crippen LogP contribution in [0.4, 0.5) is 18.9 Å². The van der Waals surface area contributed by atoms with E-state index in [9.17, 15) is 22.8 Å². The molecule has 0 fully saturated rings. The van der Waals surface area contributed by atoms with Crippen LogP contribution in [0.15, 0.2) is 40.9 Å². The number of likely N-dealkylation sites (N-methyl/N-ethyl adjacent to an activating group) is 1. The Morgan fingerprint density at radius 1 is 1.10 bits per heavy atom. The Balaban J connectivity index is 1.51. The molecule has 0 aliphatic carbocycles. The number of aryl methyl sites for hydroxylation is 1. The highest BCUT2D eigenvalue weighted by atomic mass is 19.3. The molecule has 2 amide bonds. The molecule has 2 heterocycles. The average Bonchev–Trinajstić information content (AvgIpc) is 3.58. The van der Waals surface area contributed by atoms with Crippen molar-refractivity contribution in [2.75, 3.05) is 31.6 Å². The number of carbonyl (C=O) groups excluding carboxylic acids is 2. The third-order valence-corrected chi connectivity index (χ3v) is 6.85. The molecule has 40 heavy (non-hydrogen) atoms. The van der Waals surface area contributed by atoms with Crippen molar-refractivity contribution in [1.29, 1.82) is 0 Å². The lowest BCUT2D eigenvalue weighted by Crippen LogP contribution is -2.48. The summed E-state index contributed by atoms with van der Waals surface area (Å²) in [7, 11) is 1.65. The van der Waals surface area contributed by atoms with E-state index in [-0.39, 0.29) is 36.5 Å². The normalized spacial score (nSPS) is 13.0. The lowest BCUT2D eigenvalue weighted by atomic mass is 10.1. The van der Waals surface area contributed by atoms with Crippen LogP contribution >= 0.6 is 0 Å². The number of fused-ring (bicyclic) bond motifs is 1. The fourth-order valence-corrected chi connectivity index (χ4v) is 4.63. The molecule has 0 saturated heterocycles.